The average Bonchev–Trinajstić information content (AvgIpc) is 2.33. The van der Waals surface area contributed by atoms with Gasteiger partial charge in [-0.1, -0.05) is 24.9 Å². The van der Waals surface area contributed by atoms with E-state index in [0.717, 1.165) is 10.6 Å². The van der Waals surface area contributed by atoms with E-state index in [1.807, 2.05) is 6.92 Å². The Morgan fingerprint density at radius 3 is 2.60 bits per heavy atom. The molecule has 1 N–H and O–H groups in total. The maximum Gasteiger partial charge on any atom is 0.334 e. The molecule has 6 heteroatoms. The maximum absolute atomic E-state index is 13.5. The van der Waals surface area contributed by atoms with Gasteiger partial charge in [0.15, 0.2) is 0 Å². The molecule has 0 radical (unpaired) electrons. The first-order valence-corrected chi connectivity index (χ1v) is 6.63. The molecule has 1 aromatic heterocycles. The van der Waals surface area contributed by atoms with Crippen LogP contribution in [0.2, 0.25) is 5.15 Å². The van der Waals surface area contributed by atoms with Crippen molar-refractivity contribution in [2.24, 2.45) is 0 Å². The van der Waals surface area contributed by atoms with E-state index in [2.05, 4.69) is 4.98 Å². The van der Waals surface area contributed by atoms with Gasteiger partial charge in [-0.25, -0.2) is 13.8 Å². The fourth-order valence-corrected chi connectivity index (χ4v) is 2.35. The summed E-state index contributed by atoms with van der Waals surface area (Å²) in [6, 6.07) is 4.04. The summed E-state index contributed by atoms with van der Waals surface area (Å²) in [7, 11) is 0. The highest BCUT2D eigenvalue weighted by Crippen LogP contribution is 2.13. The van der Waals surface area contributed by atoms with Gasteiger partial charge in [-0.3, -0.25) is 9.78 Å². The first-order valence-electron chi connectivity index (χ1n) is 6.25. The summed E-state index contributed by atoms with van der Waals surface area (Å²) in [5, 5.41) is 0.0474. The second kappa shape index (κ2) is 5.63. The van der Waals surface area contributed by atoms with Crippen LogP contribution in [0.3, 0.4) is 0 Å². The Bertz CT molecular complexity index is 744. The van der Waals surface area contributed by atoms with Crippen LogP contribution in [0.1, 0.15) is 24.5 Å². The Morgan fingerprint density at radius 2 is 2.00 bits per heavy atom. The number of nitrogens with zero attached hydrogens (tertiary/aromatic N) is 1. The largest absolute Gasteiger partial charge is 0.334 e. The van der Waals surface area contributed by atoms with E-state index >= 15 is 0 Å². The minimum atomic E-state index is -0.676. The van der Waals surface area contributed by atoms with Crippen molar-refractivity contribution < 1.29 is 4.39 Å². The summed E-state index contributed by atoms with van der Waals surface area (Å²) in [5.41, 5.74) is -0.0350. The topological polar surface area (TPSA) is 54.9 Å². The van der Waals surface area contributed by atoms with Crippen LogP contribution in [0.5, 0.6) is 0 Å². The molecule has 0 spiro atoms. The lowest BCUT2D eigenvalue weighted by atomic mass is 10.2. The van der Waals surface area contributed by atoms with Crippen LogP contribution in [-0.2, 0) is 6.42 Å². The van der Waals surface area contributed by atoms with Crippen LogP contribution in [0.4, 0.5) is 4.39 Å². The molecular weight excluding hydrogens is 283 g/mol. The van der Waals surface area contributed by atoms with Gasteiger partial charge in [0.05, 0.1) is 11.3 Å². The molecule has 0 amide bonds. The molecule has 0 unspecified atom stereocenters. The molecule has 0 fully saturated rings. The molecule has 0 saturated heterocycles. The van der Waals surface area contributed by atoms with Crippen LogP contribution in [0.25, 0.3) is 5.69 Å². The first-order chi connectivity index (χ1) is 9.43. The fraction of sp³-hybridized carbons (Fsp3) is 0.286. The predicted molar refractivity (Wildman–Crippen MR) is 76.4 cm³/mol. The minimum absolute atomic E-state index is 0.0474. The molecule has 0 saturated carbocycles. The lowest BCUT2D eigenvalue weighted by molar-refractivity contribution is 0.624. The molecule has 1 heterocycles. The zero-order valence-electron chi connectivity index (χ0n) is 11.2. The highest BCUT2D eigenvalue weighted by molar-refractivity contribution is 6.30. The van der Waals surface area contributed by atoms with E-state index in [-0.39, 0.29) is 10.8 Å². The average molecular weight is 297 g/mol. The SMILES string of the molecule is CCCc1c(Cl)[nH]c(=O)n(-c2cc(C)cc(F)c2)c1=O. The van der Waals surface area contributed by atoms with Crippen molar-refractivity contribution in [3.8, 4) is 5.69 Å². The van der Waals surface area contributed by atoms with Crippen LogP contribution >= 0.6 is 11.6 Å². The van der Waals surface area contributed by atoms with Crippen molar-refractivity contribution in [1.29, 1.82) is 0 Å². The molecule has 0 aliphatic carbocycles. The Hall–Kier alpha value is -1.88. The molecule has 0 atom stereocenters. The first kappa shape index (κ1) is 14.5. The highest BCUT2D eigenvalue weighted by atomic mass is 35.5. The van der Waals surface area contributed by atoms with Crippen LogP contribution in [0, 0.1) is 12.7 Å². The summed E-state index contributed by atoms with van der Waals surface area (Å²) < 4.78 is 14.4. The zero-order chi connectivity index (χ0) is 14.9. The van der Waals surface area contributed by atoms with Gasteiger partial charge in [-0.2, -0.15) is 0 Å². The Kier molecular flexibility index (Phi) is 4.09. The number of hydrogen-bond acceptors (Lipinski definition) is 2. The van der Waals surface area contributed by atoms with E-state index in [1.165, 1.54) is 6.07 Å². The lowest BCUT2D eigenvalue weighted by Crippen LogP contribution is -2.36. The van der Waals surface area contributed by atoms with Crippen molar-refractivity contribution in [3.05, 3.63) is 61.1 Å². The third-order valence-corrected chi connectivity index (χ3v) is 3.25. The van der Waals surface area contributed by atoms with Gasteiger partial charge >= 0.3 is 5.69 Å². The zero-order valence-corrected chi connectivity index (χ0v) is 11.9. The molecule has 0 aliphatic rings. The van der Waals surface area contributed by atoms with E-state index in [9.17, 15) is 14.0 Å². The summed E-state index contributed by atoms with van der Waals surface area (Å²) in [4.78, 5) is 26.7. The number of aromatic nitrogens is 2. The quantitative estimate of drug-likeness (QED) is 0.885. The third-order valence-electron chi connectivity index (χ3n) is 2.93. The molecule has 1 aromatic carbocycles. The fourth-order valence-electron chi connectivity index (χ4n) is 2.09. The van der Waals surface area contributed by atoms with Crippen molar-refractivity contribution in [2.75, 3.05) is 0 Å². The van der Waals surface area contributed by atoms with Gasteiger partial charge < -0.3 is 0 Å². The van der Waals surface area contributed by atoms with Gasteiger partial charge in [-0.15, -0.1) is 0 Å². The lowest BCUT2D eigenvalue weighted by Gasteiger charge is -2.09. The molecule has 0 bridgehead atoms. The molecule has 20 heavy (non-hydrogen) atoms. The molecule has 106 valence electrons. The second-order valence-electron chi connectivity index (χ2n) is 4.60. The molecule has 0 aliphatic heterocycles. The number of halogens is 2. The van der Waals surface area contributed by atoms with E-state index in [4.69, 9.17) is 11.6 Å². The predicted octanol–water partition coefficient (Wildman–Crippen LogP) is 2.58. The number of benzene rings is 1. The number of nitrogens with one attached hydrogen (secondary N) is 1. The number of hydrogen-bond donors (Lipinski definition) is 1. The van der Waals surface area contributed by atoms with Gasteiger partial charge in [-0.05, 0) is 37.1 Å². The van der Waals surface area contributed by atoms with Crippen molar-refractivity contribution >= 4 is 11.6 Å². The third kappa shape index (κ3) is 2.67. The van der Waals surface area contributed by atoms with Crippen molar-refractivity contribution in [3.63, 3.8) is 0 Å². The number of H-pyrrole nitrogens is 1. The highest BCUT2D eigenvalue weighted by Gasteiger charge is 2.14. The molecular formula is C14H14ClFN2O2. The second-order valence-corrected chi connectivity index (χ2v) is 4.98. The van der Waals surface area contributed by atoms with Crippen LogP contribution in [0.15, 0.2) is 27.8 Å². The standard InChI is InChI=1S/C14H14ClFN2O2/c1-3-4-11-12(15)17-14(20)18(13(11)19)10-6-8(2)5-9(16)7-10/h5-7H,3-4H2,1-2H3,(H,17,20). The van der Waals surface area contributed by atoms with Gasteiger partial charge in [0.2, 0.25) is 0 Å². The number of aryl methyl sites for hydroxylation is 1. The smallest absolute Gasteiger partial charge is 0.297 e. The summed E-state index contributed by atoms with van der Waals surface area (Å²) in [5.74, 6) is -0.502. The van der Waals surface area contributed by atoms with E-state index in [1.54, 1.807) is 13.0 Å². The van der Waals surface area contributed by atoms with Gasteiger partial charge in [0.1, 0.15) is 11.0 Å². The van der Waals surface area contributed by atoms with E-state index in [0.29, 0.717) is 24.0 Å². The monoisotopic (exact) mass is 296 g/mol. The summed E-state index contributed by atoms with van der Waals surface area (Å²) in [6.45, 7) is 3.59. The Balaban J connectivity index is 2.77. The van der Waals surface area contributed by atoms with Crippen LogP contribution in [-0.4, -0.2) is 9.55 Å². The van der Waals surface area contributed by atoms with Gasteiger partial charge in [0.25, 0.3) is 5.56 Å². The number of rotatable bonds is 3. The maximum atomic E-state index is 13.5. The van der Waals surface area contributed by atoms with Crippen LogP contribution < -0.4 is 11.2 Å². The molecule has 2 rings (SSSR count). The Morgan fingerprint density at radius 1 is 1.30 bits per heavy atom. The van der Waals surface area contributed by atoms with Crippen molar-refractivity contribution in [1.82, 2.24) is 9.55 Å². The minimum Gasteiger partial charge on any atom is -0.297 e. The van der Waals surface area contributed by atoms with Crippen molar-refractivity contribution in [2.45, 2.75) is 26.7 Å². The van der Waals surface area contributed by atoms with Gasteiger partial charge in [0, 0.05) is 0 Å². The van der Waals surface area contributed by atoms with E-state index < -0.39 is 17.1 Å². The number of aromatic amines is 1. The Labute approximate surface area is 119 Å². The normalized spacial score (nSPS) is 10.8. The molecule has 2 aromatic rings. The molecule has 4 nitrogen and oxygen atoms in total. The summed E-state index contributed by atoms with van der Waals surface area (Å²) in [6.07, 6.45) is 1.16. The summed E-state index contributed by atoms with van der Waals surface area (Å²) >= 11 is 5.89.